The van der Waals surface area contributed by atoms with Crippen LogP contribution in [0.25, 0.3) is 0 Å². The lowest BCUT2D eigenvalue weighted by molar-refractivity contribution is 0.0885. The Morgan fingerprint density at radius 3 is 2.63 bits per heavy atom. The van der Waals surface area contributed by atoms with Gasteiger partial charge in [-0.1, -0.05) is 48.5 Å². The van der Waals surface area contributed by atoms with Crippen molar-refractivity contribution < 1.29 is 9.53 Å². The van der Waals surface area contributed by atoms with Crippen LogP contribution in [0.1, 0.15) is 22.0 Å². The second-order valence-electron chi connectivity index (χ2n) is 4.91. The number of hydrogen-bond donors (Lipinski definition) is 0. The van der Waals surface area contributed by atoms with Crippen molar-refractivity contribution in [3.05, 3.63) is 65.7 Å². The van der Waals surface area contributed by atoms with Gasteiger partial charge in [-0.15, -0.1) is 11.8 Å². The lowest BCUT2D eigenvalue weighted by atomic mass is 9.92. The highest BCUT2D eigenvalue weighted by atomic mass is 32.2. The minimum atomic E-state index is -0.625. The SMILES string of the molecule is O=C1c2ccccc2SC[C@@]12O[C@H]2c1ccccc1. The summed E-state index contributed by atoms with van der Waals surface area (Å²) in [5, 5.41) is 0. The zero-order valence-corrected chi connectivity index (χ0v) is 11.0. The summed E-state index contributed by atoms with van der Waals surface area (Å²) in [6.45, 7) is 0. The van der Waals surface area contributed by atoms with Gasteiger partial charge in [-0.05, 0) is 11.6 Å². The van der Waals surface area contributed by atoms with Gasteiger partial charge < -0.3 is 4.74 Å². The fourth-order valence-electron chi connectivity index (χ4n) is 2.68. The van der Waals surface area contributed by atoms with E-state index in [2.05, 4.69) is 0 Å². The zero-order valence-electron chi connectivity index (χ0n) is 10.2. The number of Topliss-reactive ketones (excluding diaryl/α,β-unsaturated/α-hetero) is 1. The number of benzene rings is 2. The number of rotatable bonds is 1. The van der Waals surface area contributed by atoms with E-state index < -0.39 is 5.60 Å². The first-order valence-electron chi connectivity index (χ1n) is 6.31. The molecule has 2 atom stereocenters. The summed E-state index contributed by atoms with van der Waals surface area (Å²) in [7, 11) is 0. The van der Waals surface area contributed by atoms with Crippen LogP contribution in [0.3, 0.4) is 0 Å². The van der Waals surface area contributed by atoms with Crippen molar-refractivity contribution in [1.82, 2.24) is 0 Å². The van der Waals surface area contributed by atoms with Gasteiger partial charge in [0, 0.05) is 16.2 Å². The van der Waals surface area contributed by atoms with Crippen molar-refractivity contribution in [3.8, 4) is 0 Å². The number of carbonyl (C=O) groups excluding carboxylic acids is 1. The lowest BCUT2D eigenvalue weighted by Gasteiger charge is -2.20. The molecule has 1 fully saturated rings. The maximum Gasteiger partial charge on any atom is 0.199 e. The highest BCUT2D eigenvalue weighted by Gasteiger charge is 2.64. The van der Waals surface area contributed by atoms with Crippen LogP contribution in [0.2, 0.25) is 0 Å². The summed E-state index contributed by atoms with van der Waals surface area (Å²) in [4.78, 5) is 13.7. The largest absolute Gasteiger partial charge is 0.351 e. The molecule has 1 saturated heterocycles. The fourth-order valence-corrected chi connectivity index (χ4v) is 3.89. The van der Waals surface area contributed by atoms with Crippen molar-refractivity contribution >= 4 is 17.5 Å². The van der Waals surface area contributed by atoms with Gasteiger partial charge in [-0.2, -0.15) is 0 Å². The Hall–Kier alpha value is -1.58. The molecule has 2 heterocycles. The average molecular weight is 268 g/mol. The van der Waals surface area contributed by atoms with Crippen molar-refractivity contribution in [2.24, 2.45) is 0 Å². The molecule has 0 saturated carbocycles. The molecule has 0 amide bonds. The third-order valence-corrected chi connectivity index (χ3v) is 5.00. The summed E-state index contributed by atoms with van der Waals surface area (Å²) in [5.41, 5.74) is 1.27. The molecule has 3 heteroatoms. The number of carbonyl (C=O) groups is 1. The standard InChI is InChI=1S/C16H12O2S/c17-14-12-8-4-5-9-13(12)19-10-16(14)15(18-16)11-6-2-1-3-7-11/h1-9,15H,10H2/t15-,16+/m0/s1. The molecule has 94 valence electrons. The number of ketones is 1. The van der Waals surface area contributed by atoms with Gasteiger partial charge in [0.2, 0.25) is 0 Å². The Kier molecular flexibility index (Phi) is 2.34. The summed E-state index contributed by atoms with van der Waals surface area (Å²) < 4.78 is 5.83. The van der Waals surface area contributed by atoms with Crippen molar-refractivity contribution in [1.29, 1.82) is 0 Å². The molecule has 1 spiro atoms. The second kappa shape index (κ2) is 3.95. The monoisotopic (exact) mass is 268 g/mol. The van der Waals surface area contributed by atoms with Crippen LogP contribution >= 0.6 is 11.8 Å². The minimum Gasteiger partial charge on any atom is -0.351 e. The highest BCUT2D eigenvalue weighted by Crippen LogP contribution is 2.56. The third-order valence-electron chi connectivity index (χ3n) is 3.75. The predicted molar refractivity (Wildman–Crippen MR) is 74.5 cm³/mol. The summed E-state index contributed by atoms with van der Waals surface area (Å²) in [6.07, 6.45) is -0.0814. The molecule has 0 bridgehead atoms. The first-order valence-corrected chi connectivity index (χ1v) is 7.29. The molecule has 4 rings (SSSR count). The van der Waals surface area contributed by atoms with E-state index in [1.54, 1.807) is 11.8 Å². The van der Waals surface area contributed by atoms with E-state index in [-0.39, 0.29) is 11.9 Å². The molecule has 0 unspecified atom stereocenters. The van der Waals surface area contributed by atoms with Gasteiger partial charge in [0.05, 0.1) is 0 Å². The van der Waals surface area contributed by atoms with Crippen molar-refractivity contribution in [2.45, 2.75) is 16.6 Å². The number of ether oxygens (including phenoxy) is 1. The highest BCUT2D eigenvalue weighted by molar-refractivity contribution is 7.99. The number of epoxide rings is 1. The van der Waals surface area contributed by atoms with E-state index in [9.17, 15) is 4.79 Å². The first kappa shape index (κ1) is 11.3. The Bertz CT molecular complexity index is 653. The van der Waals surface area contributed by atoms with Crippen LogP contribution in [0.5, 0.6) is 0 Å². The lowest BCUT2D eigenvalue weighted by Crippen LogP contribution is -2.32. The van der Waals surface area contributed by atoms with Crippen molar-refractivity contribution in [2.75, 3.05) is 5.75 Å². The fraction of sp³-hybridized carbons (Fsp3) is 0.188. The van der Waals surface area contributed by atoms with Gasteiger partial charge in [-0.25, -0.2) is 0 Å². The number of hydrogen-bond acceptors (Lipinski definition) is 3. The van der Waals surface area contributed by atoms with Gasteiger partial charge >= 0.3 is 0 Å². The first-order chi connectivity index (χ1) is 9.31. The molecule has 2 aliphatic rings. The molecule has 19 heavy (non-hydrogen) atoms. The molecular weight excluding hydrogens is 256 g/mol. The minimum absolute atomic E-state index is 0.0814. The molecule has 0 radical (unpaired) electrons. The second-order valence-corrected chi connectivity index (χ2v) is 5.93. The smallest absolute Gasteiger partial charge is 0.199 e. The van der Waals surface area contributed by atoms with Crippen LogP contribution in [-0.2, 0) is 4.74 Å². The van der Waals surface area contributed by atoms with Crippen LogP contribution in [-0.4, -0.2) is 17.1 Å². The summed E-state index contributed by atoms with van der Waals surface area (Å²) in [5.74, 6) is 0.846. The molecule has 2 nitrogen and oxygen atoms in total. The molecule has 0 aromatic heterocycles. The Morgan fingerprint density at radius 2 is 1.79 bits per heavy atom. The van der Waals surface area contributed by atoms with Crippen LogP contribution in [0.4, 0.5) is 0 Å². The molecule has 2 aliphatic heterocycles. The third kappa shape index (κ3) is 1.58. The average Bonchev–Trinajstić information content (AvgIpc) is 3.20. The van der Waals surface area contributed by atoms with E-state index in [4.69, 9.17) is 4.74 Å². The van der Waals surface area contributed by atoms with E-state index in [1.165, 1.54) is 0 Å². The maximum absolute atomic E-state index is 12.6. The van der Waals surface area contributed by atoms with Crippen LogP contribution in [0, 0.1) is 0 Å². The predicted octanol–water partition coefficient (Wildman–Crippen LogP) is 3.49. The van der Waals surface area contributed by atoms with E-state index in [0.717, 1.165) is 16.0 Å². The van der Waals surface area contributed by atoms with Crippen LogP contribution < -0.4 is 0 Å². The molecule has 2 aromatic rings. The Balaban J connectivity index is 1.71. The molecular formula is C16H12O2S. The van der Waals surface area contributed by atoms with E-state index in [1.807, 2.05) is 54.6 Å². The summed E-state index contributed by atoms with van der Waals surface area (Å²) in [6, 6.07) is 17.8. The Labute approximate surface area is 115 Å². The zero-order chi connectivity index (χ0) is 12.9. The van der Waals surface area contributed by atoms with Gasteiger partial charge in [0.1, 0.15) is 6.10 Å². The molecule has 0 aliphatic carbocycles. The molecule has 2 aromatic carbocycles. The van der Waals surface area contributed by atoms with Gasteiger partial charge in [-0.3, -0.25) is 4.79 Å². The van der Waals surface area contributed by atoms with Gasteiger partial charge in [0.25, 0.3) is 0 Å². The quantitative estimate of drug-likeness (QED) is 0.742. The van der Waals surface area contributed by atoms with Gasteiger partial charge in [0.15, 0.2) is 11.4 Å². The number of fused-ring (bicyclic) bond motifs is 1. The van der Waals surface area contributed by atoms with Crippen LogP contribution in [0.15, 0.2) is 59.5 Å². The number of thioether (sulfide) groups is 1. The maximum atomic E-state index is 12.6. The van der Waals surface area contributed by atoms with Crippen molar-refractivity contribution in [3.63, 3.8) is 0 Å². The topological polar surface area (TPSA) is 29.6 Å². The summed E-state index contributed by atoms with van der Waals surface area (Å²) >= 11 is 1.71. The van der Waals surface area contributed by atoms with E-state index in [0.29, 0.717) is 5.75 Å². The Morgan fingerprint density at radius 1 is 1.05 bits per heavy atom. The van der Waals surface area contributed by atoms with E-state index >= 15 is 0 Å². The normalized spacial score (nSPS) is 28.2. The molecule has 0 N–H and O–H groups in total.